The van der Waals surface area contributed by atoms with Crippen LogP contribution in [0, 0.1) is 0 Å². The van der Waals surface area contributed by atoms with Gasteiger partial charge in [0.25, 0.3) is 5.56 Å². The van der Waals surface area contributed by atoms with Gasteiger partial charge in [-0.3, -0.25) is 9.59 Å². The summed E-state index contributed by atoms with van der Waals surface area (Å²) in [5.41, 5.74) is 0.652. The number of ether oxygens (including phenoxy) is 1. The van der Waals surface area contributed by atoms with E-state index >= 15 is 0 Å². The molecule has 8 nitrogen and oxygen atoms in total. The topological polar surface area (TPSA) is 97.7 Å². The van der Waals surface area contributed by atoms with Crippen LogP contribution in [-0.2, 0) is 26.1 Å². The van der Waals surface area contributed by atoms with Gasteiger partial charge in [-0.15, -0.1) is 0 Å². The fraction of sp³-hybridized carbons (Fsp3) is 0.455. The van der Waals surface area contributed by atoms with Crippen molar-refractivity contribution in [2.45, 2.75) is 44.7 Å². The summed E-state index contributed by atoms with van der Waals surface area (Å²) in [6.45, 7) is 6.73. The second-order valence-electron chi connectivity index (χ2n) is 7.05. The molecule has 0 saturated carbocycles. The highest BCUT2D eigenvalue weighted by Gasteiger charge is 2.22. The van der Waals surface area contributed by atoms with Crippen molar-refractivity contribution in [1.29, 1.82) is 0 Å². The van der Waals surface area contributed by atoms with Crippen molar-refractivity contribution in [3.63, 3.8) is 0 Å². The first-order valence-corrected chi connectivity index (χ1v) is 11.9. The molecule has 170 valence electrons. The Hall–Kier alpha value is -2.49. The predicted molar refractivity (Wildman–Crippen MR) is 119 cm³/mol. The van der Waals surface area contributed by atoms with Gasteiger partial charge in [-0.25, -0.2) is 8.42 Å². The first kappa shape index (κ1) is 24.8. The molecule has 0 saturated heterocycles. The first-order valence-electron chi connectivity index (χ1n) is 10.4. The van der Waals surface area contributed by atoms with E-state index in [1.165, 1.54) is 22.6 Å². The van der Waals surface area contributed by atoms with Gasteiger partial charge >= 0.3 is 0 Å². The largest absolute Gasteiger partial charge is 0.374 e. The maximum Gasteiger partial charge on any atom is 0.251 e. The quantitative estimate of drug-likeness (QED) is 0.501. The molecule has 1 aromatic heterocycles. The molecule has 0 radical (unpaired) electrons. The van der Waals surface area contributed by atoms with Gasteiger partial charge in [0.15, 0.2) is 0 Å². The van der Waals surface area contributed by atoms with Crippen LogP contribution in [0.15, 0.2) is 58.4 Å². The van der Waals surface area contributed by atoms with Crippen molar-refractivity contribution in [1.82, 2.24) is 14.2 Å². The second-order valence-corrected chi connectivity index (χ2v) is 8.99. The monoisotopic (exact) mass is 449 g/mol. The Balaban J connectivity index is 1.86. The highest BCUT2D eigenvalue weighted by atomic mass is 32.2. The maximum absolute atomic E-state index is 12.6. The van der Waals surface area contributed by atoms with Crippen LogP contribution in [0.25, 0.3) is 0 Å². The van der Waals surface area contributed by atoms with E-state index in [2.05, 4.69) is 5.32 Å². The number of benzene rings is 1. The minimum absolute atomic E-state index is 0.00750. The van der Waals surface area contributed by atoms with Crippen molar-refractivity contribution in [2.75, 3.05) is 26.2 Å². The molecule has 1 unspecified atom stereocenters. The Kier molecular flexibility index (Phi) is 9.42. The van der Waals surface area contributed by atoms with Crippen molar-refractivity contribution in [3.05, 3.63) is 64.6 Å². The number of hydrogen-bond acceptors (Lipinski definition) is 5. The maximum atomic E-state index is 12.6. The molecule has 31 heavy (non-hydrogen) atoms. The Morgan fingerprint density at radius 3 is 2.45 bits per heavy atom. The summed E-state index contributed by atoms with van der Waals surface area (Å²) in [7, 11) is -3.71. The molecule has 2 aromatic rings. The average molecular weight is 450 g/mol. The molecular weight excluding hydrogens is 418 g/mol. The minimum Gasteiger partial charge on any atom is -0.374 e. The molecule has 0 fully saturated rings. The number of pyridine rings is 1. The molecule has 0 bridgehead atoms. The predicted octanol–water partition coefficient (Wildman–Crippen LogP) is 2.16. The number of nitrogens with one attached hydrogen (secondary N) is 1. The van der Waals surface area contributed by atoms with Crippen molar-refractivity contribution in [3.8, 4) is 0 Å². The molecule has 0 aliphatic carbocycles. The van der Waals surface area contributed by atoms with Crippen LogP contribution >= 0.6 is 0 Å². The molecule has 1 aromatic carbocycles. The van der Waals surface area contributed by atoms with Crippen molar-refractivity contribution < 1.29 is 17.9 Å². The molecule has 0 spiro atoms. The number of hydrogen-bond donors (Lipinski definition) is 1. The van der Waals surface area contributed by atoms with E-state index in [1.54, 1.807) is 13.8 Å². The normalized spacial score (nSPS) is 12.6. The van der Waals surface area contributed by atoms with Crippen LogP contribution < -0.4 is 10.9 Å². The van der Waals surface area contributed by atoms with E-state index in [4.69, 9.17) is 4.74 Å². The van der Waals surface area contributed by atoms with Crippen molar-refractivity contribution >= 4 is 15.9 Å². The van der Waals surface area contributed by atoms with E-state index in [9.17, 15) is 18.0 Å². The standard InChI is InChI=1S/C22H31N3O5S/c1-4-25(5-2)31(28,29)20-12-13-22(27)24(16-20)17-21(26)23-14-9-15-30-18(3)19-10-7-6-8-11-19/h6-8,10-13,16,18H,4-5,9,14-15,17H2,1-3H3,(H,23,26). The summed E-state index contributed by atoms with van der Waals surface area (Å²) in [5, 5.41) is 2.74. The van der Waals surface area contributed by atoms with Gasteiger partial charge in [0, 0.05) is 38.5 Å². The lowest BCUT2D eigenvalue weighted by Gasteiger charge is -2.19. The fourth-order valence-electron chi connectivity index (χ4n) is 3.09. The fourth-order valence-corrected chi connectivity index (χ4v) is 4.57. The zero-order valence-electron chi connectivity index (χ0n) is 18.3. The third kappa shape index (κ3) is 7.02. The third-order valence-electron chi connectivity index (χ3n) is 4.89. The number of carbonyl (C=O) groups is 1. The Labute approximate surface area is 183 Å². The van der Waals surface area contributed by atoms with Gasteiger partial charge in [-0.05, 0) is 25.0 Å². The molecule has 1 N–H and O–H groups in total. The lowest BCUT2D eigenvalue weighted by molar-refractivity contribution is -0.121. The van der Waals surface area contributed by atoms with Gasteiger partial charge in [-0.2, -0.15) is 4.31 Å². The summed E-state index contributed by atoms with van der Waals surface area (Å²) in [6, 6.07) is 12.3. The smallest absolute Gasteiger partial charge is 0.251 e. The molecule has 1 heterocycles. The van der Waals surface area contributed by atoms with E-state index in [1.807, 2.05) is 37.3 Å². The average Bonchev–Trinajstić information content (AvgIpc) is 2.76. The van der Waals surface area contributed by atoms with E-state index < -0.39 is 15.6 Å². The van der Waals surface area contributed by atoms with Crippen LogP contribution in [0.1, 0.15) is 38.9 Å². The summed E-state index contributed by atoms with van der Waals surface area (Å²) in [6.07, 6.45) is 1.81. The zero-order chi connectivity index (χ0) is 22.9. The minimum atomic E-state index is -3.71. The van der Waals surface area contributed by atoms with Crippen LogP contribution in [0.3, 0.4) is 0 Å². The summed E-state index contributed by atoms with van der Waals surface area (Å²) in [4.78, 5) is 24.3. The number of nitrogens with zero attached hydrogens (tertiary/aromatic N) is 2. The molecule has 0 aliphatic rings. The number of aromatic nitrogens is 1. The summed E-state index contributed by atoms with van der Waals surface area (Å²) >= 11 is 0. The third-order valence-corrected chi connectivity index (χ3v) is 6.93. The second kappa shape index (κ2) is 11.8. The summed E-state index contributed by atoms with van der Waals surface area (Å²) < 4.78 is 33.5. The van der Waals surface area contributed by atoms with Crippen LogP contribution in [0.5, 0.6) is 0 Å². The van der Waals surface area contributed by atoms with Gasteiger partial charge in [-0.1, -0.05) is 44.2 Å². The molecule has 1 amide bonds. The highest BCUT2D eigenvalue weighted by molar-refractivity contribution is 7.89. The summed E-state index contributed by atoms with van der Waals surface area (Å²) in [5.74, 6) is -0.365. The molecule has 1 atom stereocenters. The van der Waals surface area contributed by atoms with E-state index in [0.717, 1.165) is 10.1 Å². The van der Waals surface area contributed by atoms with E-state index in [0.29, 0.717) is 32.7 Å². The Morgan fingerprint density at radius 1 is 1.13 bits per heavy atom. The highest BCUT2D eigenvalue weighted by Crippen LogP contribution is 2.16. The molecule has 9 heteroatoms. The van der Waals surface area contributed by atoms with Crippen molar-refractivity contribution in [2.24, 2.45) is 0 Å². The number of amides is 1. The lowest BCUT2D eigenvalue weighted by Crippen LogP contribution is -2.34. The number of rotatable bonds is 12. The molecule has 2 rings (SSSR count). The zero-order valence-corrected chi connectivity index (χ0v) is 19.1. The van der Waals surface area contributed by atoms with Gasteiger partial charge in [0.05, 0.1) is 11.0 Å². The Bertz CT molecular complexity index is 1000. The van der Waals surface area contributed by atoms with Crippen LogP contribution in [0.2, 0.25) is 0 Å². The number of sulfonamides is 1. The van der Waals surface area contributed by atoms with Gasteiger partial charge in [0.1, 0.15) is 6.54 Å². The molecular formula is C22H31N3O5S. The SMILES string of the molecule is CCN(CC)S(=O)(=O)c1ccc(=O)n(CC(=O)NCCCOC(C)c2ccccc2)c1. The number of carbonyl (C=O) groups excluding carboxylic acids is 1. The lowest BCUT2D eigenvalue weighted by atomic mass is 10.1. The van der Waals surface area contributed by atoms with Gasteiger partial charge in [0.2, 0.25) is 15.9 Å². The van der Waals surface area contributed by atoms with Gasteiger partial charge < -0.3 is 14.6 Å². The first-order chi connectivity index (χ1) is 14.8. The molecule has 0 aliphatic heterocycles. The van der Waals surface area contributed by atoms with Crippen LogP contribution in [-0.4, -0.2) is 49.4 Å². The van der Waals surface area contributed by atoms with E-state index in [-0.39, 0.29) is 23.5 Å². The van der Waals surface area contributed by atoms with Crippen LogP contribution in [0.4, 0.5) is 0 Å². The Morgan fingerprint density at radius 2 is 1.81 bits per heavy atom.